The molecule has 21 heavy (non-hydrogen) atoms. The van der Waals surface area contributed by atoms with Crippen LogP contribution in [0.25, 0.3) is 0 Å². The summed E-state index contributed by atoms with van der Waals surface area (Å²) < 4.78 is 13.7. The number of benzene rings is 1. The minimum Gasteiger partial charge on any atom is -0.341 e. The largest absolute Gasteiger partial charge is 0.341 e. The molecular weight excluding hydrogens is 271 g/mol. The number of rotatable bonds is 3. The zero-order valence-electron chi connectivity index (χ0n) is 12.3. The van der Waals surface area contributed by atoms with Crippen molar-refractivity contribution in [1.29, 1.82) is 0 Å². The molecule has 0 saturated carbocycles. The second-order valence-corrected chi connectivity index (χ2v) is 5.26. The van der Waals surface area contributed by atoms with E-state index in [1.165, 1.54) is 12.1 Å². The Labute approximate surface area is 124 Å². The number of nitrogens with zero attached hydrogens (tertiary/aromatic N) is 2. The number of halogens is 1. The first-order valence-electron chi connectivity index (χ1n) is 7.45. The average molecular weight is 292 g/mol. The maximum absolute atomic E-state index is 13.7. The van der Waals surface area contributed by atoms with E-state index in [9.17, 15) is 14.0 Å². The van der Waals surface area contributed by atoms with Crippen molar-refractivity contribution in [1.82, 2.24) is 9.80 Å². The van der Waals surface area contributed by atoms with E-state index in [0.717, 1.165) is 12.8 Å². The first-order chi connectivity index (χ1) is 10.1. The fraction of sp³-hybridized carbons (Fsp3) is 0.500. The van der Waals surface area contributed by atoms with Gasteiger partial charge in [-0.15, -0.1) is 0 Å². The van der Waals surface area contributed by atoms with E-state index in [1.807, 2.05) is 6.92 Å². The molecule has 1 saturated heterocycles. The summed E-state index contributed by atoms with van der Waals surface area (Å²) >= 11 is 0. The summed E-state index contributed by atoms with van der Waals surface area (Å²) in [5.74, 6) is -0.652. The highest BCUT2D eigenvalue weighted by Gasteiger charge is 2.23. The van der Waals surface area contributed by atoms with Gasteiger partial charge in [0.2, 0.25) is 5.91 Å². The molecule has 0 aliphatic carbocycles. The van der Waals surface area contributed by atoms with Gasteiger partial charge < -0.3 is 9.80 Å². The predicted octanol–water partition coefficient (Wildman–Crippen LogP) is 2.30. The van der Waals surface area contributed by atoms with E-state index in [4.69, 9.17) is 0 Å². The molecule has 0 N–H and O–H groups in total. The molecule has 5 heteroatoms. The predicted molar refractivity (Wildman–Crippen MR) is 78.4 cm³/mol. The number of carbonyl (C=O) groups excluding carboxylic acids is 2. The van der Waals surface area contributed by atoms with Crippen LogP contribution in [0.2, 0.25) is 0 Å². The maximum Gasteiger partial charge on any atom is 0.256 e. The van der Waals surface area contributed by atoms with Gasteiger partial charge in [0, 0.05) is 32.6 Å². The van der Waals surface area contributed by atoms with Gasteiger partial charge in [0.05, 0.1) is 5.56 Å². The molecule has 1 aliphatic rings. The Balaban J connectivity index is 2.01. The van der Waals surface area contributed by atoms with Crippen molar-refractivity contribution in [3.63, 3.8) is 0 Å². The number of carbonyl (C=O) groups is 2. The molecule has 0 spiro atoms. The maximum atomic E-state index is 13.7. The molecule has 114 valence electrons. The van der Waals surface area contributed by atoms with Crippen molar-refractivity contribution >= 4 is 11.8 Å². The van der Waals surface area contributed by atoms with Gasteiger partial charge in [0.25, 0.3) is 5.91 Å². The van der Waals surface area contributed by atoms with Gasteiger partial charge in [0.15, 0.2) is 0 Å². The molecule has 2 amide bonds. The Hall–Kier alpha value is -1.91. The molecule has 0 atom stereocenters. The molecule has 1 aromatic rings. The van der Waals surface area contributed by atoms with Gasteiger partial charge in [-0.2, -0.15) is 0 Å². The van der Waals surface area contributed by atoms with Gasteiger partial charge in [-0.25, -0.2) is 4.39 Å². The smallest absolute Gasteiger partial charge is 0.256 e. The lowest BCUT2D eigenvalue weighted by molar-refractivity contribution is -0.131. The van der Waals surface area contributed by atoms with Gasteiger partial charge in [-0.05, 0) is 25.0 Å². The summed E-state index contributed by atoms with van der Waals surface area (Å²) in [6.07, 6.45) is 2.10. The standard InChI is InChI=1S/C16H21FN2O2/c1-2-6-15(20)18-9-5-10-19(12-11-18)16(21)13-7-3-4-8-14(13)17/h3-4,7-8H,2,5-6,9-12H2,1H3. The third kappa shape index (κ3) is 3.80. The Bertz CT molecular complexity index is 519. The molecule has 1 heterocycles. The van der Waals surface area contributed by atoms with Crippen LogP contribution >= 0.6 is 0 Å². The normalized spacial score (nSPS) is 15.7. The minimum atomic E-state index is -0.495. The van der Waals surface area contributed by atoms with Crippen molar-refractivity contribution in [2.75, 3.05) is 26.2 Å². The van der Waals surface area contributed by atoms with Crippen LogP contribution in [0.15, 0.2) is 24.3 Å². The zero-order valence-corrected chi connectivity index (χ0v) is 12.3. The van der Waals surface area contributed by atoms with Crippen molar-refractivity contribution in [2.24, 2.45) is 0 Å². The van der Waals surface area contributed by atoms with Crippen molar-refractivity contribution in [3.05, 3.63) is 35.6 Å². The highest BCUT2D eigenvalue weighted by molar-refractivity contribution is 5.94. The molecule has 2 rings (SSSR count). The van der Waals surface area contributed by atoms with Crippen molar-refractivity contribution < 1.29 is 14.0 Å². The van der Waals surface area contributed by atoms with Crippen LogP contribution in [-0.4, -0.2) is 47.8 Å². The summed E-state index contributed by atoms with van der Waals surface area (Å²) in [6.45, 7) is 4.19. The molecule has 1 aliphatic heterocycles. The van der Waals surface area contributed by atoms with Crippen LogP contribution in [0.3, 0.4) is 0 Å². The van der Waals surface area contributed by atoms with Gasteiger partial charge in [-0.3, -0.25) is 9.59 Å². The average Bonchev–Trinajstić information content (AvgIpc) is 2.73. The Kier molecular flexibility index (Phi) is 5.31. The quantitative estimate of drug-likeness (QED) is 0.857. The van der Waals surface area contributed by atoms with E-state index in [0.29, 0.717) is 32.6 Å². The molecule has 0 unspecified atom stereocenters. The fourth-order valence-corrected chi connectivity index (χ4v) is 2.55. The highest BCUT2D eigenvalue weighted by atomic mass is 19.1. The Morgan fingerprint density at radius 3 is 2.48 bits per heavy atom. The van der Waals surface area contributed by atoms with E-state index in [2.05, 4.69) is 0 Å². The van der Waals surface area contributed by atoms with E-state index < -0.39 is 5.82 Å². The minimum absolute atomic E-state index is 0.103. The summed E-state index contributed by atoms with van der Waals surface area (Å²) in [6, 6.07) is 6.02. The first kappa shape index (κ1) is 15.5. The first-order valence-corrected chi connectivity index (χ1v) is 7.45. The fourth-order valence-electron chi connectivity index (χ4n) is 2.55. The molecule has 4 nitrogen and oxygen atoms in total. The van der Waals surface area contributed by atoms with Crippen molar-refractivity contribution in [3.8, 4) is 0 Å². The lowest BCUT2D eigenvalue weighted by Gasteiger charge is -2.22. The van der Waals surface area contributed by atoms with E-state index >= 15 is 0 Å². The zero-order chi connectivity index (χ0) is 15.2. The molecule has 1 aromatic carbocycles. The molecular formula is C16H21FN2O2. The second kappa shape index (κ2) is 7.20. The molecule has 0 radical (unpaired) electrons. The van der Waals surface area contributed by atoms with Gasteiger partial charge >= 0.3 is 0 Å². The molecule has 1 fully saturated rings. The summed E-state index contributed by atoms with van der Waals surface area (Å²) in [7, 11) is 0. The van der Waals surface area contributed by atoms with Crippen LogP contribution in [0.4, 0.5) is 4.39 Å². The van der Waals surface area contributed by atoms with Gasteiger partial charge in [0.1, 0.15) is 5.82 Å². The summed E-state index contributed by atoms with van der Waals surface area (Å²) in [5.41, 5.74) is 0.103. The highest BCUT2D eigenvalue weighted by Crippen LogP contribution is 2.13. The Morgan fingerprint density at radius 2 is 1.76 bits per heavy atom. The Morgan fingerprint density at radius 1 is 1.10 bits per heavy atom. The van der Waals surface area contributed by atoms with Crippen molar-refractivity contribution in [2.45, 2.75) is 26.2 Å². The lowest BCUT2D eigenvalue weighted by Crippen LogP contribution is -2.37. The van der Waals surface area contributed by atoms with Crippen LogP contribution < -0.4 is 0 Å². The van der Waals surface area contributed by atoms with E-state index in [-0.39, 0.29) is 17.4 Å². The second-order valence-electron chi connectivity index (χ2n) is 5.26. The van der Waals surface area contributed by atoms with E-state index in [1.54, 1.807) is 21.9 Å². The third-order valence-corrected chi connectivity index (χ3v) is 3.70. The summed E-state index contributed by atoms with van der Waals surface area (Å²) in [4.78, 5) is 27.7. The number of hydrogen-bond donors (Lipinski definition) is 0. The van der Waals surface area contributed by atoms with Crippen LogP contribution in [-0.2, 0) is 4.79 Å². The van der Waals surface area contributed by atoms with Crippen LogP contribution in [0.5, 0.6) is 0 Å². The van der Waals surface area contributed by atoms with Crippen LogP contribution in [0.1, 0.15) is 36.5 Å². The number of amides is 2. The third-order valence-electron chi connectivity index (χ3n) is 3.70. The molecule has 0 bridgehead atoms. The number of hydrogen-bond acceptors (Lipinski definition) is 2. The SMILES string of the molecule is CCCC(=O)N1CCCN(C(=O)c2ccccc2F)CC1. The molecule has 0 aromatic heterocycles. The van der Waals surface area contributed by atoms with Gasteiger partial charge in [-0.1, -0.05) is 19.1 Å². The monoisotopic (exact) mass is 292 g/mol. The lowest BCUT2D eigenvalue weighted by atomic mass is 10.2. The summed E-state index contributed by atoms with van der Waals surface area (Å²) in [5, 5.41) is 0. The van der Waals surface area contributed by atoms with Crippen LogP contribution in [0, 0.1) is 5.82 Å². The topological polar surface area (TPSA) is 40.6 Å².